The maximum atomic E-state index is 13.2. The number of carbonyl (C=O) groups is 2. The van der Waals surface area contributed by atoms with Gasteiger partial charge in [-0.2, -0.15) is 0 Å². The molecule has 3 rings (SSSR count). The van der Waals surface area contributed by atoms with Crippen LogP contribution in [0.5, 0.6) is 0 Å². The molecule has 2 amide bonds. The van der Waals surface area contributed by atoms with Crippen LogP contribution in [0.15, 0.2) is 18.2 Å². The normalized spacial score (nSPS) is 19.8. The Balaban J connectivity index is 1.50. The van der Waals surface area contributed by atoms with Crippen LogP contribution in [0.1, 0.15) is 36.5 Å². The molecular formula is C20H27ClFN3O2. The zero-order valence-corrected chi connectivity index (χ0v) is 16.5. The molecule has 1 unspecified atom stereocenters. The van der Waals surface area contributed by atoms with Gasteiger partial charge in [0.1, 0.15) is 5.82 Å². The van der Waals surface area contributed by atoms with Crippen LogP contribution in [0.4, 0.5) is 4.39 Å². The van der Waals surface area contributed by atoms with Gasteiger partial charge in [-0.15, -0.1) is 0 Å². The SMILES string of the molecule is CC(CC(=O)N1CCN(C(=O)c2ccc(F)cc2Cl)CC1)C1CCNCC1. The molecule has 0 bridgehead atoms. The molecule has 5 nitrogen and oxygen atoms in total. The fourth-order valence-corrected chi connectivity index (χ4v) is 4.22. The van der Waals surface area contributed by atoms with Crippen molar-refractivity contribution in [3.63, 3.8) is 0 Å². The molecule has 0 spiro atoms. The summed E-state index contributed by atoms with van der Waals surface area (Å²) in [5, 5.41) is 3.48. The first-order valence-corrected chi connectivity index (χ1v) is 10.1. The molecule has 2 heterocycles. The molecule has 0 aromatic heterocycles. The molecule has 1 aromatic carbocycles. The van der Waals surface area contributed by atoms with Gasteiger partial charge in [-0.3, -0.25) is 9.59 Å². The third-order valence-corrected chi connectivity index (χ3v) is 6.08. The zero-order chi connectivity index (χ0) is 19.4. The fourth-order valence-electron chi connectivity index (χ4n) is 3.98. The van der Waals surface area contributed by atoms with E-state index < -0.39 is 5.82 Å². The van der Waals surface area contributed by atoms with Gasteiger partial charge in [-0.1, -0.05) is 18.5 Å². The zero-order valence-electron chi connectivity index (χ0n) is 15.7. The number of piperazine rings is 1. The van der Waals surface area contributed by atoms with Crippen LogP contribution >= 0.6 is 11.6 Å². The van der Waals surface area contributed by atoms with Crippen molar-refractivity contribution in [3.05, 3.63) is 34.6 Å². The molecule has 2 saturated heterocycles. The molecule has 1 aromatic rings. The highest BCUT2D eigenvalue weighted by atomic mass is 35.5. The van der Waals surface area contributed by atoms with Crippen molar-refractivity contribution in [2.75, 3.05) is 39.3 Å². The molecule has 0 aliphatic carbocycles. The minimum atomic E-state index is -0.463. The molecule has 148 valence electrons. The Labute approximate surface area is 164 Å². The third kappa shape index (κ3) is 4.99. The van der Waals surface area contributed by atoms with E-state index in [4.69, 9.17) is 11.6 Å². The van der Waals surface area contributed by atoms with Crippen molar-refractivity contribution >= 4 is 23.4 Å². The Bertz CT molecular complexity index is 686. The summed E-state index contributed by atoms with van der Waals surface area (Å²) in [6, 6.07) is 3.80. The Morgan fingerprint density at radius 2 is 1.81 bits per heavy atom. The quantitative estimate of drug-likeness (QED) is 0.852. The second-order valence-corrected chi connectivity index (χ2v) is 7.97. The number of rotatable bonds is 4. The van der Waals surface area contributed by atoms with Gasteiger partial charge in [0.15, 0.2) is 0 Å². The monoisotopic (exact) mass is 395 g/mol. The van der Waals surface area contributed by atoms with Crippen LogP contribution in [0.3, 0.4) is 0 Å². The van der Waals surface area contributed by atoms with Gasteiger partial charge in [0.25, 0.3) is 5.91 Å². The average Bonchev–Trinajstić information content (AvgIpc) is 2.68. The second kappa shape index (κ2) is 9.02. The number of amides is 2. The van der Waals surface area contributed by atoms with Gasteiger partial charge in [0.05, 0.1) is 10.6 Å². The lowest BCUT2D eigenvalue weighted by atomic mass is 9.84. The smallest absolute Gasteiger partial charge is 0.255 e. The minimum Gasteiger partial charge on any atom is -0.339 e. The number of hydrogen-bond acceptors (Lipinski definition) is 3. The van der Waals surface area contributed by atoms with Gasteiger partial charge in [0, 0.05) is 32.6 Å². The van der Waals surface area contributed by atoms with E-state index in [1.54, 1.807) is 4.90 Å². The summed E-state index contributed by atoms with van der Waals surface area (Å²) in [6.45, 7) is 6.25. The van der Waals surface area contributed by atoms with Crippen LogP contribution < -0.4 is 5.32 Å². The van der Waals surface area contributed by atoms with E-state index in [1.165, 1.54) is 12.1 Å². The second-order valence-electron chi connectivity index (χ2n) is 7.57. The summed E-state index contributed by atoms with van der Waals surface area (Å²) in [5.74, 6) is 0.494. The predicted molar refractivity (Wildman–Crippen MR) is 103 cm³/mol. The van der Waals surface area contributed by atoms with E-state index in [0.29, 0.717) is 50.0 Å². The highest BCUT2D eigenvalue weighted by Crippen LogP contribution is 2.25. The van der Waals surface area contributed by atoms with Crippen LogP contribution in [0, 0.1) is 17.7 Å². The topological polar surface area (TPSA) is 52.7 Å². The molecular weight excluding hydrogens is 369 g/mol. The summed E-state index contributed by atoms with van der Waals surface area (Å²) in [5.41, 5.74) is 0.303. The molecule has 1 N–H and O–H groups in total. The largest absolute Gasteiger partial charge is 0.339 e. The van der Waals surface area contributed by atoms with E-state index in [2.05, 4.69) is 12.2 Å². The predicted octanol–water partition coefficient (Wildman–Crippen LogP) is 2.79. The van der Waals surface area contributed by atoms with Gasteiger partial charge >= 0.3 is 0 Å². The Hall–Kier alpha value is -1.66. The van der Waals surface area contributed by atoms with E-state index in [-0.39, 0.29) is 16.8 Å². The van der Waals surface area contributed by atoms with Crippen molar-refractivity contribution in [3.8, 4) is 0 Å². The first kappa shape index (κ1) is 20.1. The standard InChI is InChI=1S/C20H27ClFN3O2/c1-14(15-4-6-23-7-5-15)12-19(26)24-8-10-25(11-9-24)20(27)17-3-2-16(22)13-18(17)21/h2-3,13-15,23H,4-12H2,1H3. The number of hydrogen-bond donors (Lipinski definition) is 1. The van der Waals surface area contributed by atoms with Gasteiger partial charge in [-0.05, 0) is 56.0 Å². The first-order valence-electron chi connectivity index (χ1n) is 9.68. The number of piperidine rings is 1. The highest BCUT2D eigenvalue weighted by molar-refractivity contribution is 6.33. The van der Waals surface area contributed by atoms with E-state index in [0.717, 1.165) is 32.0 Å². The van der Waals surface area contributed by atoms with Crippen molar-refractivity contribution in [1.82, 2.24) is 15.1 Å². The van der Waals surface area contributed by atoms with Crippen LogP contribution in [0.2, 0.25) is 5.02 Å². The number of nitrogens with one attached hydrogen (secondary N) is 1. The first-order chi connectivity index (χ1) is 13.0. The maximum absolute atomic E-state index is 13.2. The Morgan fingerprint density at radius 1 is 1.19 bits per heavy atom. The molecule has 0 saturated carbocycles. The van der Waals surface area contributed by atoms with Gasteiger partial charge < -0.3 is 15.1 Å². The Kier molecular flexibility index (Phi) is 6.71. The van der Waals surface area contributed by atoms with Crippen LogP contribution in [0.25, 0.3) is 0 Å². The van der Waals surface area contributed by atoms with Gasteiger partial charge in [0.2, 0.25) is 5.91 Å². The molecule has 2 aliphatic rings. The highest BCUT2D eigenvalue weighted by Gasteiger charge is 2.28. The van der Waals surface area contributed by atoms with E-state index >= 15 is 0 Å². The van der Waals surface area contributed by atoms with Crippen LogP contribution in [-0.4, -0.2) is 60.9 Å². The summed E-state index contributed by atoms with van der Waals surface area (Å²) in [7, 11) is 0. The number of carbonyl (C=O) groups excluding carboxylic acids is 2. The van der Waals surface area contributed by atoms with Gasteiger partial charge in [-0.25, -0.2) is 4.39 Å². The number of halogens is 2. The molecule has 0 radical (unpaired) electrons. The molecule has 27 heavy (non-hydrogen) atoms. The van der Waals surface area contributed by atoms with Crippen molar-refractivity contribution < 1.29 is 14.0 Å². The summed E-state index contributed by atoms with van der Waals surface area (Å²) < 4.78 is 13.2. The maximum Gasteiger partial charge on any atom is 0.255 e. The molecule has 7 heteroatoms. The molecule has 2 fully saturated rings. The summed E-state index contributed by atoms with van der Waals surface area (Å²) in [6.07, 6.45) is 2.84. The summed E-state index contributed by atoms with van der Waals surface area (Å²) >= 11 is 6.00. The van der Waals surface area contributed by atoms with E-state index in [1.807, 2.05) is 4.90 Å². The van der Waals surface area contributed by atoms with Crippen LogP contribution in [-0.2, 0) is 4.79 Å². The van der Waals surface area contributed by atoms with Crippen molar-refractivity contribution in [2.24, 2.45) is 11.8 Å². The lowest BCUT2D eigenvalue weighted by Crippen LogP contribution is -2.51. The van der Waals surface area contributed by atoms with Crippen molar-refractivity contribution in [1.29, 1.82) is 0 Å². The average molecular weight is 396 g/mol. The third-order valence-electron chi connectivity index (χ3n) is 5.77. The minimum absolute atomic E-state index is 0.120. The molecule has 2 aliphatic heterocycles. The van der Waals surface area contributed by atoms with E-state index in [9.17, 15) is 14.0 Å². The lowest BCUT2D eigenvalue weighted by Gasteiger charge is -2.36. The molecule has 1 atom stereocenters. The fraction of sp³-hybridized carbons (Fsp3) is 0.600. The number of benzene rings is 1. The number of nitrogens with zero attached hydrogens (tertiary/aromatic N) is 2. The summed E-state index contributed by atoms with van der Waals surface area (Å²) in [4.78, 5) is 28.8. The Morgan fingerprint density at radius 3 is 2.44 bits per heavy atom. The lowest BCUT2D eigenvalue weighted by molar-refractivity contribution is -0.134. The van der Waals surface area contributed by atoms with Crippen molar-refractivity contribution in [2.45, 2.75) is 26.2 Å².